The molecule has 1 rings (SSSR count). The fraction of sp³-hybridized carbons (Fsp3) is 0.588. The molecule has 2 unspecified atom stereocenters. The lowest BCUT2D eigenvalue weighted by Gasteiger charge is -2.19. The third-order valence-corrected chi connectivity index (χ3v) is 3.31. The van der Waals surface area contributed by atoms with E-state index in [1.54, 1.807) is 6.92 Å². The molecule has 0 aliphatic carbocycles. The summed E-state index contributed by atoms with van der Waals surface area (Å²) in [6, 6.07) is 6.52. The van der Waals surface area contributed by atoms with Crippen LogP contribution in [-0.4, -0.2) is 24.6 Å². The second-order valence-electron chi connectivity index (χ2n) is 5.73. The van der Waals surface area contributed by atoms with Crippen molar-refractivity contribution in [3.63, 3.8) is 0 Å². The van der Waals surface area contributed by atoms with Gasteiger partial charge in [0.15, 0.2) is 6.10 Å². The van der Waals surface area contributed by atoms with E-state index in [9.17, 15) is 4.79 Å². The minimum absolute atomic E-state index is 0.0884. The Balaban J connectivity index is 2.74. The van der Waals surface area contributed by atoms with Gasteiger partial charge in [-0.05, 0) is 58.4 Å². The van der Waals surface area contributed by atoms with Gasteiger partial charge in [0.1, 0.15) is 5.75 Å². The topological polar surface area (TPSA) is 50.4 Å². The summed E-state index contributed by atoms with van der Waals surface area (Å²) in [5.74, 6) is 0.670. The number of carbonyl (C=O) groups is 1. The highest BCUT2D eigenvalue weighted by Crippen LogP contribution is 2.23. The lowest BCUT2D eigenvalue weighted by atomic mass is 10.0. The number of ether oxygens (including phenoxy) is 1. The van der Waals surface area contributed by atoms with Crippen LogP contribution >= 0.6 is 0 Å². The van der Waals surface area contributed by atoms with E-state index in [-0.39, 0.29) is 11.9 Å². The van der Waals surface area contributed by atoms with Crippen LogP contribution < -0.4 is 15.4 Å². The van der Waals surface area contributed by atoms with Crippen molar-refractivity contribution >= 4 is 5.91 Å². The number of rotatable bonds is 7. The number of hydrogen-bond acceptors (Lipinski definition) is 3. The molecule has 1 aromatic rings. The van der Waals surface area contributed by atoms with Crippen molar-refractivity contribution in [1.82, 2.24) is 10.6 Å². The highest BCUT2D eigenvalue weighted by molar-refractivity contribution is 5.80. The number of nitrogens with one attached hydrogen (secondary N) is 2. The predicted molar refractivity (Wildman–Crippen MR) is 86.6 cm³/mol. The monoisotopic (exact) mass is 292 g/mol. The summed E-state index contributed by atoms with van der Waals surface area (Å²) >= 11 is 0. The highest BCUT2D eigenvalue weighted by atomic mass is 16.5. The quantitative estimate of drug-likeness (QED) is 0.812. The van der Waals surface area contributed by atoms with Gasteiger partial charge in [-0.15, -0.1) is 0 Å². The molecule has 0 aliphatic rings. The summed E-state index contributed by atoms with van der Waals surface area (Å²) in [5.41, 5.74) is 2.27. The molecular formula is C17H28N2O2. The SMILES string of the molecule is CCNC(C)c1ccc(OC(C)C(=O)NC(C)C)c(C)c1. The molecule has 1 aromatic carbocycles. The summed E-state index contributed by atoms with van der Waals surface area (Å²) < 4.78 is 5.77. The molecule has 0 bridgehead atoms. The van der Waals surface area contributed by atoms with E-state index in [2.05, 4.69) is 30.5 Å². The number of amides is 1. The first-order chi connectivity index (χ1) is 9.85. The van der Waals surface area contributed by atoms with E-state index in [0.29, 0.717) is 6.04 Å². The second kappa shape index (κ2) is 8.03. The van der Waals surface area contributed by atoms with Crippen LogP contribution in [-0.2, 0) is 4.79 Å². The van der Waals surface area contributed by atoms with Crippen LogP contribution in [0.25, 0.3) is 0 Å². The van der Waals surface area contributed by atoms with Gasteiger partial charge in [0, 0.05) is 12.1 Å². The Labute approximate surface area is 128 Å². The summed E-state index contributed by atoms with van der Waals surface area (Å²) in [6.07, 6.45) is -0.497. The maximum atomic E-state index is 11.9. The number of hydrogen-bond donors (Lipinski definition) is 2. The molecule has 0 spiro atoms. The minimum Gasteiger partial charge on any atom is -0.481 e. The first-order valence-corrected chi connectivity index (χ1v) is 7.66. The lowest BCUT2D eigenvalue weighted by molar-refractivity contribution is -0.127. The van der Waals surface area contributed by atoms with Crippen molar-refractivity contribution in [3.8, 4) is 5.75 Å². The van der Waals surface area contributed by atoms with Crippen molar-refractivity contribution in [3.05, 3.63) is 29.3 Å². The van der Waals surface area contributed by atoms with E-state index in [1.807, 2.05) is 32.9 Å². The van der Waals surface area contributed by atoms with Crippen molar-refractivity contribution in [2.45, 2.75) is 59.7 Å². The van der Waals surface area contributed by atoms with Crippen LogP contribution in [0, 0.1) is 6.92 Å². The number of aryl methyl sites for hydroxylation is 1. The van der Waals surface area contributed by atoms with Crippen LogP contribution in [0.2, 0.25) is 0 Å². The molecule has 1 amide bonds. The molecule has 0 heterocycles. The Kier molecular flexibility index (Phi) is 6.69. The van der Waals surface area contributed by atoms with Crippen molar-refractivity contribution in [2.24, 2.45) is 0 Å². The van der Waals surface area contributed by atoms with Crippen LogP contribution in [0.3, 0.4) is 0 Å². The second-order valence-corrected chi connectivity index (χ2v) is 5.73. The van der Waals surface area contributed by atoms with Gasteiger partial charge >= 0.3 is 0 Å². The normalized spacial score (nSPS) is 13.9. The molecular weight excluding hydrogens is 264 g/mol. The van der Waals surface area contributed by atoms with Crippen LogP contribution in [0.15, 0.2) is 18.2 Å². The molecule has 0 saturated carbocycles. The van der Waals surface area contributed by atoms with Gasteiger partial charge in [0.2, 0.25) is 0 Å². The molecule has 118 valence electrons. The highest BCUT2D eigenvalue weighted by Gasteiger charge is 2.16. The van der Waals surface area contributed by atoms with E-state index < -0.39 is 6.10 Å². The van der Waals surface area contributed by atoms with Gasteiger partial charge in [-0.3, -0.25) is 4.79 Å². The zero-order valence-electron chi connectivity index (χ0n) is 14.0. The predicted octanol–water partition coefficient (Wildman–Crippen LogP) is 2.96. The first-order valence-electron chi connectivity index (χ1n) is 7.66. The summed E-state index contributed by atoms with van der Waals surface area (Å²) in [6.45, 7) is 12.8. The molecule has 4 nitrogen and oxygen atoms in total. The van der Waals surface area contributed by atoms with Gasteiger partial charge in [-0.25, -0.2) is 0 Å². The van der Waals surface area contributed by atoms with Crippen LogP contribution in [0.4, 0.5) is 0 Å². The van der Waals surface area contributed by atoms with E-state index in [1.165, 1.54) is 5.56 Å². The third kappa shape index (κ3) is 5.38. The zero-order chi connectivity index (χ0) is 16.0. The third-order valence-electron chi connectivity index (χ3n) is 3.31. The fourth-order valence-electron chi connectivity index (χ4n) is 2.14. The smallest absolute Gasteiger partial charge is 0.260 e. The van der Waals surface area contributed by atoms with E-state index in [0.717, 1.165) is 17.9 Å². The zero-order valence-corrected chi connectivity index (χ0v) is 14.0. The summed E-state index contributed by atoms with van der Waals surface area (Å²) in [5, 5.41) is 6.24. The molecule has 21 heavy (non-hydrogen) atoms. The minimum atomic E-state index is -0.497. The largest absolute Gasteiger partial charge is 0.481 e. The maximum absolute atomic E-state index is 11.9. The van der Waals surface area contributed by atoms with Crippen molar-refractivity contribution in [2.75, 3.05) is 6.54 Å². The first kappa shape index (κ1) is 17.5. The summed E-state index contributed by atoms with van der Waals surface area (Å²) in [7, 11) is 0. The lowest BCUT2D eigenvalue weighted by Crippen LogP contribution is -2.40. The van der Waals surface area contributed by atoms with Crippen molar-refractivity contribution in [1.29, 1.82) is 0 Å². The summed E-state index contributed by atoms with van der Waals surface area (Å²) in [4.78, 5) is 11.9. The molecule has 0 saturated heterocycles. The van der Waals surface area contributed by atoms with Gasteiger partial charge in [-0.1, -0.05) is 19.1 Å². The Morgan fingerprint density at radius 3 is 2.43 bits per heavy atom. The Hall–Kier alpha value is -1.55. The molecule has 0 radical (unpaired) electrons. The molecule has 0 fully saturated rings. The van der Waals surface area contributed by atoms with Gasteiger partial charge in [0.25, 0.3) is 5.91 Å². The average molecular weight is 292 g/mol. The standard InChI is InChI=1S/C17H28N2O2/c1-7-18-13(5)15-8-9-16(12(4)10-15)21-14(6)17(20)19-11(2)3/h8-11,13-14,18H,7H2,1-6H3,(H,19,20). The van der Waals surface area contributed by atoms with Crippen LogP contribution in [0.5, 0.6) is 5.75 Å². The Bertz CT molecular complexity index is 472. The molecule has 2 N–H and O–H groups in total. The van der Waals surface area contributed by atoms with Gasteiger partial charge in [-0.2, -0.15) is 0 Å². The van der Waals surface area contributed by atoms with E-state index >= 15 is 0 Å². The average Bonchev–Trinajstić information content (AvgIpc) is 2.40. The Morgan fingerprint density at radius 1 is 1.24 bits per heavy atom. The van der Waals surface area contributed by atoms with Gasteiger partial charge in [0.05, 0.1) is 0 Å². The van der Waals surface area contributed by atoms with Crippen molar-refractivity contribution < 1.29 is 9.53 Å². The Morgan fingerprint density at radius 2 is 1.90 bits per heavy atom. The molecule has 2 atom stereocenters. The molecule has 4 heteroatoms. The van der Waals surface area contributed by atoms with Crippen LogP contribution in [0.1, 0.15) is 51.8 Å². The van der Waals surface area contributed by atoms with E-state index in [4.69, 9.17) is 4.74 Å². The molecule has 0 aliphatic heterocycles. The fourth-order valence-corrected chi connectivity index (χ4v) is 2.14. The number of benzene rings is 1. The van der Waals surface area contributed by atoms with Gasteiger partial charge < -0.3 is 15.4 Å². The molecule has 0 aromatic heterocycles. The maximum Gasteiger partial charge on any atom is 0.260 e. The number of carbonyl (C=O) groups excluding carboxylic acids is 1.